The van der Waals surface area contributed by atoms with E-state index in [-0.39, 0.29) is 0 Å². The van der Waals surface area contributed by atoms with E-state index < -0.39 is 12.1 Å². The summed E-state index contributed by atoms with van der Waals surface area (Å²) in [5.74, 6) is 0. The topological polar surface area (TPSA) is 26.0 Å². The van der Waals surface area contributed by atoms with Gasteiger partial charge in [-0.3, -0.25) is 4.39 Å². The van der Waals surface area contributed by atoms with Crippen LogP contribution in [0.25, 0.3) is 0 Å². The summed E-state index contributed by atoms with van der Waals surface area (Å²) in [6.07, 6.45) is 0. The maximum Gasteiger partial charge on any atom is 0.100 e. The Bertz CT molecular complexity index is 316. The average Bonchev–Trinajstić information content (AvgIpc) is 2.17. The lowest BCUT2D eigenvalue weighted by atomic mass is 9.81. The number of aryl methyl sites for hydroxylation is 2. The molecular formula is C12H18FN. The molecule has 0 radical (unpaired) electrons. The Kier molecular flexibility index (Phi) is 3.27. The van der Waals surface area contributed by atoms with Gasteiger partial charge < -0.3 is 5.73 Å². The minimum absolute atomic E-state index is 0.341. The second kappa shape index (κ2) is 4.09. The molecule has 0 aliphatic rings. The first-order valence-electron chi connectivity index (χ1n) is 4.87. The Morgan fingerprint density at radius 1 is 1.36 bits per heavy atom. The summed E-state index contributed by atoms with van der Waals surface area (Å²) < 4.78 is 12.9. The number of halogens is 1. The summed E-state index contributed by atoms with van der Waals surface area (Å²) in [6.45, 7) is 5.84. The van der Waals surface area contributed by atoms with Crippen molar-refractivity contribution in [1.29, 1.82) is 0 Å². The highest BCUT2D eigenvalue weighted by atomic mass is 19.1. The van der Waals surface area contributed by atoms with Gasteiger partial charge in [0.15, 0.2) is 0 Å². The Morgan fingerprint density at radius 2 is 2.00 bits per heavy atom. The number of benzene rings is 1. The van der Waals surface area contributed by atoms with Crippen LogP contribution in [0.4, 0.5) is 4.39 Å². The zero-order chi connectivity index (χ0) is 10.8. The zero-order valence-electron chi connectivity index (χ0n) is 9.10. The molecule has 0 spiro atoms. The van der Waals surface area contributed by atoms with Gasteiger partial charge in [-0.1, -0.05) is 30.7 Å². The zero-order valence-corrected chi connectivity index (χ0v) is 9.10. The first kappa shape index (κ1) is 11.2. The number of alkyl halides is 1. The maximum absolute atomic E-state index is 12.9. The van der Waals surface area contributed by atoms with Crippen molar-refractivity contribution in [1.82, 2.24) is 0 Å². The van der Waals surface area contributed by atoms with Gasteiger partial charge in [-0.05, 0) is 25.0 Å². The van der Waals surface area contributed by atoms with E-state index in [4.69, 9.17) is 5.73 Å². The first-order valence-corrected chi connectivity index (χ1v) is 4.87. The van der Waals surface area contributed by atoms with Crippen molar-refractivity contribution in [3.05, 3.63) is 34.9 Å². The van der Waals surface area contributed by atoms with Crippen LogP contribution in [0.5, 0.6) is 0 Å². The molecule has 0 bridgehead atoms. The summed E-state index contributed by atoms with van der Waals surface area (Å²) in [7, 11) is 0. The fourth-order valence-corrected chi connectivity index (χ4v) is 1.73. The third-order valence-corrected chi connectivity index (χ3v) is 2.78. The quantitative estimate of drug-likeness (QED) is 0.788. The van der Waals surface area contributed by atoms with Crippen molar-refractivity contribution in [3.8, 4) is 0 Å². The van der Waals surface area contributed by atoms with Crippen LogP contribution in [0.1, 0.15) is 23.6 Å². The van der Waals surface area contributed by atoms with E-state index in [1.54, 1.807) is 0 Å². The van der Waals surface area contributed by atoms with Gasteiger partial charge in [-0.2, -0.15) is 0 Å². The molecule has 1 atom stereocenters. The molecule has 2 heteroatoms. The van der Waals surface area contributed by atoms with Crippen molar-refractivity contribution < 1.29 is 4.39 Å². The fourth-order valence-electron chi connectivity index (χ4n) is 1.73. The minimum atomic E-state index is -0.530. The predicted octanol–water partition coefficient (Wildman–Crippen LogP) is 2.49. The Balaban J connectivity index is 3.17. The number of hydrogen-bond donors (Lipinski definition) is 1. The van der Waals surface area contributed by atoms with E-state index in [1.165, 1.54) is 5.56 Å². The van der Waals surface area contributed by atoms with Gasteiger partial charge in [0.25, 0.3) is 0 Å². The first-order chi connectivity index (χ1) is 6.53. The van der Waals surface area contributed by atoms with Crippen molar-refractivity contribution in [3.63, 3.8) is 0 Å². The van der Waals surface area contributed by atoms with Gasteiger partial charge in [0, 0.05) is 12.0 Å². The molecule has 14 heavy (non-hydrogen) atoms. The lowest BCUT2D eigenvalue weighted by Gasteiger charge is -2.27. The fraction of sp³-hybridized carbons (Fsp3) is 0.500. The molecule has 1 rings (SSSR count). The standard InChI is InChI=1S/C12H18FN/c1-9-4-5-11(10(2)6-9)12(3,7-13)8-14/h4-6H,7-8,14H2,1-3H3. The average molecular weight is 195 g/mol. The largest absolute Gasteiger partial charge is 0.329 e. The van der Waals surface area contributed by atoms with Crippen LogP contribution in [0.2, 0.25) is 0 Å². The lowest BCUT2D eigenvalue weighted by Crippen LogP contribution is -2.34. The minimum Gasteiger partial charge on any atom is -0.329 e. The van der Waals surface area contributed by atoms with Crippen LogP contribution in [0.3, 0.4) is 0 Å². The Hall–Kier alpha value is -0.890. The van der Waals surface area contributed by atoms with Crippen molar-refractivity contribution in [2.45, 2.75) is 26.2 Å². The van der Waals surface area contributed by atoms with E-state index >= 15 is 0 Å². The summed E-state index contributed by atoms with van der Waals surface area (Å²) >= 11 is 0. The van der Waals surface area contributed by atoms with Crippen molar-refractivity contribution in [2.24, 2.45) is 5.73 Å². The summed E-state index contributed by atoms with van der Waals surface area (Å²) in [6, 6.07) is 6.06. The highest BCUT2D eigenvalue weighted by molar-refractivity contribution is 5.36. The maximum atomic E-state index is 12.9. The Labute approximate surface area is 85.1 Å². The van der Waals surface area contributed by atoms with Crippen LogP contribution >= 0.6 is 0 Å². The number of nitrogens with two attached hydrogens (primary N) is 1. The monoisotopic (exact) mass is 195 g/mol. The number of hydrogen-bond acceptors (Lipinski definition) is 1. The smallest absolute Gasteiger partial charge is 0.100 e. The van der Waals surface area contributed by atoms with Crippen LogP contribution in [-0.2, 0) is 5.41 Å². The summed E-state index contributed by atoms with van der Waals surface area (Å²) in [5.41, 5.74) is 8.43. The molecule has 1 aromatic carbocycles. The summed E-state index contributed by atoms with van der Waals surface area (Å²) in [5, 5.41) is 0. The van der Waals surface area contributed by atoms with Gasteiger partial charge in [0.2, 0.25) is 0 Å². The highest BCUT2D eigenvalue weighted by Crippen LogP contribution is 2.26. The summed E-state index contributed by atoms with van der Waals surface area (Å²) in [4.78, 5) is 0. The van der Waals surface area contributed by atoms with E-state index in [9.17, 15) is 4.39 Å². The van der Waals surface area contributed by atoms with Crippen LogP contribution in [0.15, 0.2) is 18.2 Å². The SMILES string of the molecule is Cc1ccc(C(C)(CN)CF)c(C)c1. The molecular weight excluding hydrogens is 177 g/mol. The van der Waals surface area contributed by atoms with Crippen LogP contribution in [-0.4, -0.2) is 13.2 Å². The van der Waals surface area contributed by atoms with Gasteiger partial charge in [0.05, 0.1) is 0 Å². The number of rotatable bonds is 3. The third-order valence-electron chi connectivity index (χ3n) is 2.78. The highest BCUT2D eigenvalue weighted by Gasteiger charge is 2.26. The molecule has 1 unspecified atom stereocenters. The van der Waals surface area contributed by atoms with Crippen molar-refractivity contribution in [2.75, 3.05) is 13.2 Å². The van der Waals surface area contributed by atoms with Crippen LogP contribution in [0, 0.1) is 13.8 Å². The molecule has 0 fully saturated rings. The van der Waals surface area contributed by atoms with E-state index in [0.29, 0.717) is 6.54 Å². The Morgan fingerprint density at radius 3 is 2.43 bits per heavy atom. The van der Waals surface area contributed by atoms with E-state index in [2.05, 4.69) is 6.07 Å². The van der Waals surface area contributed by atoms with Gasteiger partial charge in [-0.25, -0.2) is 0 Å². The molecule has 0 aromatic heterocycles. The molecule has 1 nitrogen and oxygen atoms in total. The lowest BCUT2D eigenvalue weighted by molar-refractivity contribution is 0.333. The molecule has 0 heterocycles. The normalized spacial score (nSPS) is 15.2. The molecule has 0 aliphatic carbocycles. The molecule has 0 amide bonds. The van der Waals surface area contributed by atoms with E-state index in [1.807, 2.05) is 32.9 Å². The van der Waals surface area contributed by atoms with Gasteiger partial charge in [0.1, 0.15) is 6.67 Å². The molecule has 2 N–H and O–H groups in total. The third kappa shape index (κ3) is 1.95. The molecule has 0 saturated heterocycles. The van der Waals surface area contributed by atoms with Gasteiger partial charge >= 0.3 is 0 Å². The molecule has 0 aliphatic heterocycles. The predicted molar refractivity (Wildman–Crippen MR) is 58.3 cm³/mol. The second-order valence-electron chi connectivity index (χ2n) is 4.22. The van der Waals surface area contributed by atoms with Gasteiger partial charge in [-0.15, -0.1) is 0 Å². The van der Waals surface area contributed by atoms with Crippen LogP contribution < -0.4 is 5.73 Å². The molecule has 78 valence electrons. The van der Waals surface area contributed by atoms with Crippen molar-refractivity contribution >= 4 is 0 Å². The second-order valence-corrected chi connectivity index (χ2v) is 4.22. The molecule has 1 aromatic rings. The van der Waals surface area contributed by atoms with E-state index in [0.717, 1.165) is 11.1 Å². The molecule has 0 saturated carbocycles.